The lowest BCUT2D eigenvalue weighted by Gasteiger charge is -2.09. The first-order valence-corrected chi connectivity index (χ1v) is 8.58. The van der Waals surface area contributed by atoms with E-state index in [9.17, 15) is 14.4 Å². The zero-order chi connectivity index (χ0) is 19.7. The van der Waals surface area contributed by atoms with E-state index < -0.39 is 5.76 Å². The Morgan fingerprint density at radius 2 is 2.00 bits per heavy atom. The number of fused-ring (bicyclic) bond motifs is 2. The number of aromatic nitrogens is 2. The van der Waals surface area contributed by atoms with Gasteiger partial charge in [-0.3, -0.25) is 14.2 Å². The number of carbonyl (C=O) groups excluding carboxylic acids is 1. The zero-order valence-electron chi connectivity index (χ0n) is 15.0. The summed E-state index contributed by atoms with van der Waals surface area (Å²) in [5.74, 6) is -0.980. The van der Waals surface area contributed by atoms with E-state index >= 15 is 0 Å². The molecule has 1 amide bonds. The molecule has 0 aliphatic carbocycles. The summed E-state index contributed by atoms with van der Waals surface area (Å²) in [6.07, 6.45) is 0. The van der Waals surface area contributed by atoms with Crippen LogP contribution in [0.5, 0.6) is 0 Å². The number of para-hydroxylation sites is 2. The standard InChI is InChI=1S/C20H17N3O5/c1-27-11-12-8-18(24)22-15-9-13(6-7-14(12)15)21-19(25)10-23-16-4-2-3-5-17(16)28-20(23)26/h2-9H,10-11H2,1H3,(H,21,25)(H,22,24). The quantitative estimate of drug-likeness (QED) is 0.553. The zero-order valence-corrected chi connectivity index (χ0v) is 15.0. The summed E-state index contributed by atoms with van der Waals surface area (Å²) < 4.78 is 11.5. The Labute approximate surface area is 158 Å². The molecule has 2 heterocycles. The molecule has 142 valence electrons. The molecule has 2 N–H and O–H groups in total. The lowest BCUT2D eigenvalue weighted by Crippen LogP contribution is -2.24. The van der Waals surface area contributed by atoms with Crippen LogP contribution in [0, 0.1) is 0 Å². The fraction of sp³-hybridized carbons (Fsp3) is 0.150. The maximum absolute atomic E-state index is 12.4. The molecule has 0 spiro atoms. The van der Waals surface area contributed by atoms with Crippen molar-refractivity contribution in [3.8, 4) is 0 Å². The van der Waals surface area contributed by atoms with Crippen molar-refractivity contribution in [2.24, 2.45) is 0 Å². The highest BCUT2D eigenvalue weighted by molar-refractivity contribution is 5.94. The molecule has 0 atom stereocenters. The lowest BCUT2D eigenvalue weighted by atomic mass is 10.1. The minimum atomic E-state index is -0.594. The van der Waals surface area contributed by atoms with E-state index in [-0.39, 0.29) is 18.0 Å². The molecule has 0 aliphatic heterocycles. The summed E-state index contributed by atoms with van der Waals surface area (Å²) in [6, 6.07) is 13.6. The molecule has 0 unspecified atom stereocenters. The van der Waals surface area contributed by atoms with Gasteiger partial charge in [0, 0.05) is 24.2 Å². The normalized spacial score (nSPS) is 11.2. The van der Waals surface area contributed by atoms with Crippen molar-refractivity contribution in [2.75, 3.05) is 12.4 Å². The number of amides is 1. The van der Waals surface area contributed by atoms with E-state index in [4.69, 9.17) is 9.15 Å². The van der Waals surface area contributed by atoms with Crippen LogP contribution in [-0.2, 0) is 22.7 Å². The molecule has 0 fully saturated rings. The average Bonchev–Trinajstić information content (AvgIpc) is 2.97. The fourth-order valence-corrected chi connectivity index (χ4v) is 3.19. The number of hydrogen-bond donors (Lipinski definition) is 2. The van der Waals surface area contributed by atoms with Crippen LogP contribution in [0.3, 0.4) is 0 Å². The number of ether oxygens (including phenoxy) is 1. The number of hydrogen-bond acceptors (Lipinski definition) is 5. The van der Waals surface area contributed by atoms with E-state index in [2.05, 4.69) is 10.3 Å². The number of nitrogens with zero attached hydrogens (tertiary/aromatic N) is 1. The van der Waals surface area contributed by atoms with Gasteiger partial charge < -0.3 is 19.5 Å². The number of nitrogens with one attached hydrogen (secondary N) is 2. The summed E-state index contributed by atoms with van der Waals surface area (Å²) in [7, 11) is 1.56. The molecule has 28 heavy (non-hydrogen) atoms. The molecule has 2 aromatic carbocycles. The number of H-pyrrole nitrogens is 1. The minimum Gasteiger partial charge on any atom is -0.408 e. The van der Waals surface area contributed by atoms with E-state index in [0.29, 0.717) is 28.9 Å². The summed E-state index contributed by atoms with van der Waals surface area (Å²) in [4.78, 5) is 39.0. The van der Waals surface area contributed by atoms with Crippen LogP contribution in [-0.4, -0.2) is 22.6 Å². The summed E-state index contributed by atoms with van der Waals surface area (Å²) in [5, 5.41) is 3.57. The van der Waals surface area contributed by atoms with Crippen molar-refractivity contribution in [2.45, 2.75) is 13.2 Å². The van der Waals surface area contributed by atoms with Gasteiger partial charge in [0.1, 0.15) is 6.54 Å². The minimum absolute atomic E-state index is 0.186. The van der Waals surface area contributed by atoms with Crippen LogP contribution >= 0.6 is 0 Å². The number of anilines is 1. The van der Waals surface area contributed by atoms with Crippen molar-refractivity contribution in [3.63, 3.8) is 0 Å². The Morgan fingerprint density at radius 1 is 1.18 bits per heavy atom. The first-order chi connectivity index (χ1) is 13.5. The first-order valence-electron chi connectivity index (χ1n) is 8.58. The molecule has 8 nitrogen and oxygen atoms in total. The van der Waals surface area contributed by atoms with Gasteiger partial charge in [-0.1, -0.05) is 18.2 Å². The van der Waals surface area contributed by atoms with Crippen molar-refractivity contribution < 1.29 is 13.9 Å². The molecule has 0 aliphatic rings. The second-order valence-corrected chi connectivity index (χ2v) is 6.32. The SMILES string of the molecule is COCc1cc(=O)[nH]c2cc(NC(=O)Cn3c(=O)oc4ccccc43)ccc12. The molecular weight excluding hydrogens is 362 g/mol. The Balaban J connectivity index is 1.61. The van der Waals surface area contributed by atoms with Gasteiger partial charge in [0.25, 0.3) is 0 Å². The van der Waals surface area contributed by atoms with Gasteiger partial charge in [-0.15, -0.1) is 0 Å². The number of methoxy groups -OCH3 is 1. The van der Waals surface area contributed by atoms with Crippen LogP contribution in [0.4, 0.5) is 5.69 Å². The molecule has 2 aromatic heterocycles. The van der Waals surface area contributed by atoms with Crippen molar-refractivity contribution >= 4 is 33.6 Å². The Hall–Kier alpha value is -3.65. The molecule has 0 bridgehead atoms. The van der Waals surface area contributed by atoms with Crippen LogP contribution in [0.15, 0.2) is 62.5 Å². The van der Waals surface area contributed by atoms with Crippen LogP contribution < -0.4 is 16.6 Å². The van der Waals surface area contributed by atoms with Crippen LogP contribution in [0.25, 0.3) is 22.0 Å². The van der Waals surface area contributed by atoms with Crippen molar-refractivity contribution in [1.29, 1.82) is 0 Å². The number of carbonyl (C=O) groups is 1. The Morgan fingerprint density at radius 3 is 2.82 bits per heavy atom. The van der Waals surface area contributed by atoms with Gasteiger partial charge in [0.2, 0.25) is 11.5 Å². The van der Waals surface area contributed by atoms with E-state index in [1.54, 1.807) is 49.6 Å². The predicted molar refractivity (Wildman–Crippen MR) is 104 cm³/mol. The molecule has 0 saturated heterocycles. The number of aromatic amines is 1. The maximum Gasteiger partial charge on any atom is 0.420 e. The number of benzene rings is 2. The third kappa shape index (κ3) is 3.33. The number of pyridine rings is 1. The van der Waals surface area contributed by atoms with Gasteiger partial charge in [-0.2, -0.15) is 0 Å². The highest BCUT2D eigenvalue weighted by Crippen LogP contribution is 2.20. The van der Waals surface area contributed by atoms with Gasteiger partial charge >= 0.3 is 5.76 Å². The Bertz CT molecular complexity index is 1300. The summed E-state index contributed by atoms with van der Waals surface area (Å²) >= 11 is 0. The molecular formula is C20H17N3O5. The van der Waals surface area contributed by atoms with Crippen molar-refractivity contribution in [1.82, 2.24) is 9.55 Å². The average molecular weight is 379 g/mol. The maximum atomic E-state index is 12.4. The third-order valence-corrected chi connectivity index (χ3v) is 4.39. The van der Waals surface area contributed by atoms with E-state index in [1.807, 2.05) is 0 Å². The molecule has 4 rings (SSSR count). The highest BCUT2D eigenvalue weighted by atomic mass is 16.5. The monoisotopic (exact) mass is 379 g/mol. The van der Waals surface area contributed by atoms with Crippen LogP contribution in [0.1, 0.15) is 5.56 Å². The number of oxazole rings is 1. The highest BCUT2D eigenvalue weighted by Gasteiger charge is 2.13. The largest absolute Gasteiger partial charge is 0.420 e. The lowest BCUT2D eigenvalue weighted by molar-refractivity contribution is -0.116. The molecule has 8 heteroatoms. The van der Waals surface area contributed by atoms with Gasteiger partial charge in [-0.05, 0) is 29.8 Å². The van der Waals surface area contributed by atoms with Gasteiger partial charge in [-0.25, -0.2) is 4.79 Å². The topological polar surface area (TPSA) is 106 Å². The van der Waals surface area contributed by atoms with Crippen LogP contribution in [0.2, 0.25) is 0 Å². The predicted octanol–water partition coefficient (Wildman–Crippen LogP) is 2.22. The van der Waals surface area contributed by atoms with E-state index in [1.165, 1.54) is 10.6 Å². The van der Waals surface area contributed by atoms with Gasteiger partial charge in [0.15, 0.2) is 5.58 Å². The van der Waals surface area contributed by atoms with Gasteiger partial charge in [0.05, 0.1) is 17.6 Å². The molecule has 0 radical (unpaired) electrons. The first kappa shape index (κ1) is 17.7. The molecule has 0 saturated carbocycles. The second kappa shape index (κ2) is 7.16. The Kier molecular flexibility index (Phi) is 4.54. The molecule has 4 aromatic rings. The second-order valence-electron chi connectivity index (χ2n) is 6.32. The summed E-state index contributed by atoms with van der Waals surface area (Å²) in [5.41, 5.74) is 2.57. The number of rotatable bonds is 5. The summed E-state index contributed by atoms with van der Waals surface area (Å²) in [6.45, 7) is 0.122. The van der Waals surface area contributed by atoms with Crippen molar-refractivity contribution in [3.05, 3.63) is 75.0 Å². The van der Waals surface area contributed by atoms with E-state index in [0.717, 1.165) is 10.9 Å². The fourth-order valence-electron chi connectivity index (χ4n) is 3.19. The smallest absolute Gasteiger partial charge is 0.408 e. The third-order valence-electron chi connectivity index (χ3n) is 4.39.